The molecule has 0 radical (unpaired) electrons. The summed E-state index contributed by atoms with van der Waals surface area (Å²) in [5.41, 5.74) is 0.246. The first-order valence-electron chi connectivity index (χ1n) is 4.74. The van der Waals surface area contributed by atoms with Crippen molar-refractivity contribution in [1.82, 2.24) is 0 Å². The van der Waals surface area contributed by atoms with Gasteiger partial charge in [-0.25, -0.2) is 4.39 Å². The molecular formula is C12H8BrFO3. The summed E-state index contributed by atoms with van der Waals surface area (Å²) in [6, 6.07) is 5.68. The highest BCUT2D eigenvalue weighted by molar-refractivity contribution is 9.10. The van der Waals surface area contributed by atoms with E-state index in [0.717, 1.165) is 6.07 Å². The van der Waals surface area contributed by atoms with Crippen molar-refractivity contribution in [3.63, 3.8) is 0 Å². The Bertz CT molecular complexity index is 549. The Morgan fingerprint density at radius 1 is 1.47 bits per heavy atom. The summed E-state index contributed by atoms with van der Waals surface area (Å²) in [7, 11) is 1.38. The molecule has 0 saturated carbocycles. The molecule has 2 rings (SSSR count). The summed E-state index contributed by atoms with van der Waals surface area (Å²) in [5, 5.41) is 0. The van der Waals surface area contributed by atoms with Crippen LogP contribution in [-0.2, 0) is 0 Å². The van der Waals surface area contributed by atoms with Crippen molar-refractivity contribution in [2.75, 3.05) is 7.11 Å². The van der Waals surface area contributed by atoms with Crippen LogP contribution in [0.25, 0.3) is 0 Å². The number of ether oxygens (including phenoxy) is 1. The van der Waals surface area contributed by atoms with Gasteiger partial charge < -0.3 is 9.15 Å². The van der Waals surface area contributed by atoms with E-state index >= 15 is 0 Å². The Kier molecular flexibility index (Phi) is 3.28. The summed E-state index contributed by atoms with van der Waals surface area (Å²) < 4.78 is 23.5. The molecule has 0 aliphatic carbocycles. The van der Waals surface area contributed by atoms with Gasteiger partial charge in [-0.15, -0.1) is 0 Å². The number of methoxy groups -OCH3 is 1. The Hall–Kier alpha value is -1.62. The van der Waals surface area contributed by atoms with Crippen molar-refractivity contribution >= 4 is 21.7 Å². The number of benzene rings is 1. The molecule has 0 bridgehead atoms. The predicted molar refractivity (Wildman–Crippen MR) is 62.8 cm³/mol. The Labute approximate surface area is 105 Å². The van der Waals surface area contributed by atoms with Crippen LogP contribution in [0.5, 0.6) is 5.75 Å². The van der Waals surface area contributed by atoms with E-state index in [1.807, 2.05) is 0 Å². The molecule has 2 aromatic rings. The maximum absolute atomic E-state index is 13.3. The van der Waals surface area contributed by atoms with Gasteiger partial charge in [-0.3, -0.25) is 4.79 Å². The van der Waals surface area contributed by atoms with Gasteiger partial charge in [-0.2, -0.15) is 0 Å². The summed E-state index contributed by atoms with van der Waals surface area (Å²) in [6.07, 6.45) is 1.40. The van der Waals surface area contributed by atoms with Gasteiger partial charge in [-0.1, -0.05) is 0 Å². The van der Waals surface area contributed by atoms with Gasteiger partial charge in [0.2, 0.25) is 5.78 Å². The quantitative estimate of drug-likeness (QED) is 0.815. The van der Waals surface area contributed by atoms with Crippen LogP contribution in [0, 0.1) is 5.82 Å². The third kappa shape index (κ3) is 2.24. The fourth-order valence-electron chi connectivity index (χ4n) is 1.42. The molecular weight excluding hydrogens is 291 g/mol. The first kappa shape index (κ1) is 11.9. The molecule has 1 aromatic heterocycles. The SMILES string of the molecule is COc1cc(F)c(Br)cc1C(=O)c1ccco1. The van der Waals surface area contributed by atoms with Crippen LogP contribution in [0.1, 0.15) is 16.1 Å². The first-order chi connectivity index (χ1) is 8.13. The zero-order chi connectivity index (χ0) is 12.4. The molecule has 0 spiro atoms. The van der Waals surface area contributed by atoms with Crippen LogP contribution >= 0.6 is 15.9 Å². The zero-order valence-corrected chi connectivity index (χ0v) is 10.5. The first-order valence-corrected chi connectivity index (χ1v) is 5.54. The van der Waals surface area contributed by atoms with Gasteiger partial charge in [0.05, 0.1) is 23.4 Å². The molecule has 1 aromatic carbocycles. The second-order valence-electron chi connectivity index (χ2n) is 3.27. The van der Waals surface area contributed by atoms with Crippen LogP contribution in [-0.4, -0.2) is 12.9 Å². The predicted octanol–water partition coefficient (Wildman–Crippen LogP) is 3.42. The lowest BCUT2D eigenvalue weighted by molar-refractivity contribution is 0.101. The molecule has 0 unspecified atom stereocenters. The molecule has 17 heavy (non-hydrogen) atoms. The third-order valence-corrected chi connectivity index (χ3v) is 2.84. The Balaban J connectivity index is 2.51. The van der Waals surface area contributed by atoms with Crippen molar-refractivity contribution in [1.29, 1.82) is 0 Å². The molecule has 0 aliphatic rings. The standard InChI is InChI=1S/C12H8BrFO3/c1-16-11-6-9(14)8(13)5-7(11)12(15)10-3-2-4-17-10/h2-6H,1H3. The molecule has 0 atom stereocenters. The summed E-state index contributed by atoms with van der Waals surface area (Å²) >= 11 is 3.03. The number of carbonyl (C=O) groups is 1. The lowest BCUT2D eigenvalue weighted by Gasteiger charge is -2.07. The molecule has 1 heterocycles. The van der Waals surface area contributed by atoms with E-state index in [0.29, 0.717) is 0 Å². The smallest absolute Gasteiger partial charge is 0.231 e. The van der Waals surface area contributed by atoms with Crippen LogP contribution in [0.2, 0.25) is 0 Å². The van der Waals surface area contributed by atoms with Crippen LogP contribution < -0.4 is 4.74 Å². The molecule has 5 heteroatoms. The molecule has 3 nitrogen and oxygen atoms in total. The zero-order valence-electron chi connectivity index (χ0n) is 8.87. The van der Waals surface area contributed by atoms with E-state index in [4.69, 9.17) is 9.15 Å². The fraction of sp³-hybridized carbons (Fsp3) is 0.0833. The molecule has 0 N–H and O–H groups in total. The van der Waals surface area contributed by atoms with Gasteiger partial charge in [0.25, 0.3) is 0 Å². The second kappa shape index (κ2) is 4.71. The molecule has 0 saturated heterocycles. The van der Waals surface area contributed by atoms with E-state index < -0.39 is 5.82 Å². The van der Waals surface area contributed by atoms with E-state index in [9.17, 15) is 9.18 Å². The lowest BCUT2D eigenvalue weighted by atomic mass is 10.1. The Morgan fingerprint density at radius 3 is 2.82 bits per heavy atom. The number of hydrogen-bond donors (Lipinski definition) is 0. The maximum Gasteiger partial charge on any atom is 0.231 e. The summed E-state index contributed by atoms with van der Waals surface area (Å²) in [4.78, 5) is 12.0. The van der Waals surface area contributed by atoms with E-state index in [2.05, 4.69) is 15.9 Å². The molecule has 0 amide bonds. The minimum atomic E-state index is -0.488. The number of ketones is 1. The van der Waals surface area contributed by atoms with Gasteiger partial charge in [0.1, 0.15) is 11.6 Å². The number of rotatable bonds is 3. The lowest BCUT2D eigenvalue weighted by Crippen LogP contribution is -2.03. The molecule has 88 valence electrons. The number of furan rings is 1. The average Bonchev–Trinajstić information content (AvgIpc) is 2.84. The van der Waals surface area contributed by atoms with Gasteiger partial charge >= 0.3 is 0 Å². The maximum atomic E-state index is 13.3. The highest BCUT2D eigenvalue weighted by Gasteiger charge is 2.19. The van der Waals surface area contributed by atoms with Gasteiger partial charge in [0.15, 0.2) is 5.76 Å². The van der Waals surface area contributed by atoms with Crippen molar-refractivity contribution in [2.24, 2.45) is 0 Å². The van der Waals surface area contributed by atoms with Crippen molar-refractivity contribution in [3.8, 4) is 5.75 Å². The molecule has 0 fully saturated rings. The topological polar surface area (TPSA) is 39.4 Å². The summed E-state index contributed by atoms with van der Waals surface area (Å²) in [6.45, 7) is 0. The van der Waals surface area contributed by atoms with Crippen molar-refractivity contribution < 1.29 is 18.3 Å². The minimum Gasteiger partial charge on any atom is -0.496 e. The number of carbonyl (C=O) groups excluding carboxylic acids is 1. The highest BCUT2D eigenvalue weighted by atomic mass is 79.9. The second-order valence-corrected chi connectivity index (χ2v) is 4.13. The summed E-state index contributed by atoms with van der Waals surface area (Å²) in [5.74, 6) is -0.487. The van der Waals surface area contributed by atoms with Crippen LogP contribution in [0.4, 0.5) is 4.39 Å². The third-order valence-electron chi connectivity index (χ3n) is 2.23. The van der Waals surface area contributed by atoms with E-state index in [1.54, 1.807) is 12.1 Å². The van der Waals surface area contributed by atoms with Gasteiger partial charge in [0, 0.05) is 6.07 Å². The van der Waals surface area contributed by atoms with Crippen molar-refractivity contribution in [3.05, 3.63) is 52.1 Å². The fourth-order valence-corrected chi connectivity index (χ4v) is 1.76. The Morgan fingerprint density at radius 2 is 2.24 bits per heavy atom. The average molecular weight is 299 g/mol. The van der Waals surface area contributed by atoms with Gasteiger partial charge in [-0.05, 0) is 34.1 Å². The van der Waals surface area contributed by atoms with Crippen LogP contribution in [0.15, 0.2) is 39.4 Å². The van der Waals surface area contributed by atoms with E-state index in [-0.39, 0.29) is 27.3 Å². The molecule has 0 aliphatic heterocycles. The number of halogens is 2. The monoisotopic (exact) mass is 298 g/mol. The van der Waals surface area contributed by atoms with Crippen molar-refractivity contribution in [2.45, 2.75) is 0 Å². The minimum absolute atomic E-state index is 0.173. The normalized spacial score (nSPS) is 10.3. The van der Waals surface area contributed by atoms with Crippen LogP contribution in [0.3, 0.4) is 0 Å². The number of hydrogen-bond acceptors (Lipinski definition) is 3. The van der Waals surface area contributed by atoms with E-state index in [1.165, 1.54) is 19.4 Å². The largest absolute Gasteiger partial charge is 0.496 e. The highest BCUT2D eigenvalue weighted by Crippen LogP contribution is 2.28.